The van der Waals surface area contributed by atoms with Crippen LogP contribution < -0.4 is 10.1 Å². The molecule has 0 atom stereocenters. The highest BCUT2D eigenvalue weighted by Gasteiger charge is 2.19. The minimum absolute atomic E-state index is 0.0654. The molecule has 1 fully saturated rings. The SMILES string of the molecule is CC(C)Oc1cccc(C=C2CCN(C(=O)Nc3cccnc3)CC2)c1. The molecule has 1 N–H and O–H groups in total. The molecule has 0 unspecified atom stereocenters. The maximum atomic E-state index is 12.3. The Hall–Kier alpha value is -2.82. The van der Waals surface area contributed by atoms with Gasteiger partial charge in [0.05, 0.1) is 18.0 Å². The van der Waals surface area contributed by atoms with Crippen LogP contribution in [0.2, 0.25) is 0 Å². The minimum Gasteiger partial charge on any atom is -0.491 e. The van der Waals surface area contributed by atoms with E-state index in [1.54, 1.807) is 12.4 Å². The van der Waals surface area contributed by atoms with Crippen LogP contribution in [0, 0.1) is 0 Å². The van der Waals surface area contributed by atoms with E-state index in [0.29, 0.717) is 0 Å². The quantitative estimate of drug-likeness (QED) is 0.877. The summed E-state index contributed by atoms with van der Waals surface area (Å²) in [6.07, 6.45) is 7.49. The summed E-state index contributed by atoms with van der Waals surface area (Å²) in [6, 6.07) is 11.7. The van der Waals surface area contributed by atoms with Crippen molar-refractivity contribution in [3.05, 3.63) is 59.9 Å². The third-order valence-electron chi connectivity index (χ3n) is 4.21. The van der Waals surface area contributed by atoms with Gasteiger partial charge in [-0.05, 0) is 56.5 Å². The highest BCUT2D eigenvalue weighted by molar-refractivity contribution is 5.89. The van der Waals surface area contributed by atoms with Crippen LogP contribution in [0.4, 0.5) is 10.5 Å². The first-order valence-electron chi connectivity index (χ1n) is 9.02. The lowest BCUT2D eigenvalue weighted by Crippen LogP contribution is -2.39. The number of nitrogens with zero attached hydrogens (tertiary/aromatic N) is 2. The number of amides is 2. The second kappa shape index (κ2) is 8.52. The number of nitrogens with one attached hydrogen (secondary N) is 1. The van der Waals surface area contributed by atoms with E-state index < -0.39 is 0 Å². The Morgan fingerprint density at radius 3 is 2.73 bits per heavy atom. The molecule has 0 radical (unpaired) electrons. The number of aromatic nitrogens is 1. The Kier molecular flexibility index (Phi) is 5.89. The van der Waals surface area contributed by atoms with Crippen LogP contribution in [-0.2, 0) is 0 Å². The van der Waals surface area contributed by atoms with Crippen molar-refractivity contribution in [1.29, 1.82) is 0 Å². The zero-order valence-electron chi connectivity index (χ0n) is 15.3. The molecular formula is C21H25N3O2. The first kappa shape index (κ1) is 18.0. The zero-order valence-corrected chi connectivity index (χ0v) is 15.3. The molecule has 0 bridgehead atoms. The van der Waals surface area contributed by atoms with E-state index in [0.717, 1.165) is 42.9 Å². The van der Waals surface area contributed by atoms with Crippen LogP contribution >= 0.6 is 0 Å². The van der Waals surface area contributed by atoms with Gasteiger partial charge in [-0.15, -0.1) is 0 Å². The van der Waals surface area contributed by atoms with E-state index in [2.05, 4.69) is 28.5 Å². The van der Waals surface area contributed by atoms with E-state index in [1.807, 2.05) is 43.0 Å². The van der Waals surface area contributed by atoms with Gasteiger partial charge in [-0.2, -0.15) is 0 Å². The van der Waals surface area contributed by atoms with E-state index in [9.17, 15) is 4.79 Å². The average molecular weight is 351 g/mol. The number of piperidine rings is 1. The molecule has 1 aromatic carbocycles. The fourth-order valence-electron chi connectivity index (χ4n) is 2.97. The molecule has 26 heavy (non-hydrogen) atoms. The number of hydrogen-bond acceptors (Lipinski definition) is 3. The summed E-state index contributed by atoms with van der Waals surface area (Å²) in [7, 11) is 0. The number of carbonyl (C=O) groups excluding carboxylic acids is 1. The van der Waals surface area contributed by atoms with E-state index >= 15 is 0 Å². The van der Waals surface area contributed by atoms with Crippen molar-refractivity contribution < 1.29 is 9.53 Å². The van der Waals surface area contributed by atoms with Gasteiger partial charge in [0.15, 0.2) is 0 Å². The van der Waals surface area contributed by atoms with Gasteiger partial charge >= 0.3 is 6.03 Å². The van der Waals surface area contributed by atoms with E-state index in [-0.39, 0.29) is 12.1 Å². The molecule has 2 amide bonds. The molecule has 5 heteroatoms. The smallest absolute Gasteiger partial charge is 0.321 e. The standard InChI is InChI=1S/C21H25N3O2/c1-16(2)26-20-7-3-5-18(14-20)13-17-8-11-24(12-9-17)21(25)23-19-6-4-10-22-15-19/h3-7,10,13-16H,8-9,11-12H2,1-2H3,(H,23,25). The summed E-state index contributed by atoms with van der Waals surface area (Å²) >= 11 is 0. The van der Waals surface area contributed by atoms with Crippen LogP contribution in [0.15, 0.2) is 54.4 Å². The maximum Gasteiger partial charge on any atom is 0.321 e. The second-order valence-electron chi connectivity index (χ2n) is 6.70. The Morgan fingerprint density at radius 2 is 2.04 bits per heavy atom. The minimum atomic E-state index is -0.0654. The fourth-order valence-corrected chi connectivity index (χ4v) is 2.97. The van der Waals surface area contributed by atoms with Crippen molar-refractivity contribution in [2.45, 2.75) is 32.8 Å². The lowest BCUT2D eigenvalue weighted by Gasteiger charge is -2.28. The van der Waals surface area contributed by atoms with Gasteiger partial charge in [-0.3, -0.25) is 4.98 Å². The molecule has 136 valence electrons. The summed E-state index contributed by atoms with van der Waals surface area (Å²) in [5.41, 5.74) is 3.23. The van der Waals surface area contributed by atoms with Crippen LogP contribution in [0.1, 0.15) is 32.3 Å². The number of benzene rings is 1. The number of likely N-dealkylation sites (tertiary alicyclic amines) is 1. The predicted octanol–water partition coefficient (Wildman–Crippen LogP) is 4.58. The molecule has 1 aromatic heterocycles. The first-order valence-corrected chi connectivity index (χ1v) is 9.02. The van der Waals surface area contributed by atoms with Gasteiger partial charge in [-0.1, -0.05) is 23.8 Å². The van der Waals surface area contributed by atoms with Gasteiger partial charge < -0.3 is 15.0 Å². The molecule has 1 aliphatic heterocycles. The Balaban J connectivity index is 1.56. The van der Waals surface area contributed by atoms with Gasteiger partial charge in [0.2, 0.25) is 0 Å². The summed E-state index contributed by atoms with van der Waals surface area (Å²) in [5.74, 6) is 0.891. The van der Waals surface area contributed by atoms with Gasteiger partial charge in [0.25, 0.3) is 0 Å². The van der Waals surface area contributed by atoms with Gasteiger partial charge in [-0.25, -0.2) is 4.79 Å². The topological polar surface area (TPSA) is 54.5 Å². The molecule has 0 spiro atoms. The lowest BCUT2D eigenvalue weighted by atomic mass is 10.0. The molecule has 3 rings (SSSR count). The number of pyridine rings is 1. The Labute approximate surface area is 154 Å². The first-order chi connectivity index (χ1) is 12.6. The zero-order chi connectivity index (χ0) is 18.4. The normalized spacial score (nSPS) is 14.3. The van der Waals surface area contributed by atoms with Crippen LogP contribution in [0.25, 0.3) is 6.08 Å². The molecule has 1 aliphatic rings. The van der Waals surface area contributed by atoms with Crippen molar-refractivity contribution in [1.82, 2.24) is 9.88 Å². The van der Waals surface area contributed by atoms with Crippen LogP contribution in [0.3, 0.4) is 0 Å². The third kappa shape index (κ3) is 5.09. The maximum absolute atomic E-state index is 12.3. The Bertz CT molecular complexity index is 762. The summed E-state index contributed by atoms with van der Waals surface area (Å²) < 4.78 is 5.75. The fraction of sp³-hybridized carbons (Fsp3) is 0.333. The molecule has 0 saturated carbocycles. The number of ether oxygens (including phenoxy) is 1. The summed E-state index contributed by atoms with van der Waals surface area (Å²) in [4.78, 5) is 18.2. The lowest BCUT2D eigenvalue weighted by molar-refractivity contribution is 0.208. The van der Waals surface area contributed by atoms with Crippen molar-refractivity contribution in [3.63, 3.8) is 0 Å². The molecule has 2 heterocycles. The van der Waals surface area contributed by atoms with E-state index in [4.69, 9.17) is 4.74 Å². The van der Waals surface area contributed by atoms with Gasteiger partial charge in [0, 0.05) is 19.3 Å². The molecular weight excluding hydrogens is 326 g/mol. The van der Waals surface area contributed by atoms with Crippen molar-refractivity contribution in [3.8, 4) is 5.75 Å². The summed E-state index contributed by atoms with van der Waals surface area (Å²) in [6.45, 7) is 5.50. The largest absolute Gasteiger partial charge is 0.491 e. The number of anilines is 1. The molecule has 1 saturated heterocycles. The molecule has 5 nitrogen and oxygen atoms in total. The Morgan fingerprint density at radius 1 is 1.23 bits per heavy atom. The third-order valence-corrected chi connectivity index (χ3v) is 4.21. The highest BCUT2D eigenvalue weighted by atomic mass is 16.5. The highest BCUT2D eigenvalue weighted by Crippen LogP contribution is 2.22. The molecule has 2 aromatic rings. The van der Waals surface area contributed by atoms with Gasteiger partial charge in [0.1, 0.15) is 5.75 Å². The molecule has 0 aliphatic carbocycles. The number of rotatable bonds is 4. The number of urea groups is 1. The van der Waals surface area contributed by atoms with Crippen molar-refractivity contribution >= 4 is 17.8 Å². The summed E-state index contributed by atoms with van der Waals surface area (Å²) in [5, 5.41) is 2.89. The van der Waals surface area contributed by atoms with Crippen molar-refractivity contribution in [2.24, 2.45) is 0 Å². The van der Waals surface area contributed by atoms with E-state index in [1.165, 1.54) is 5.57 Å². The van der Waals surface area contributed by atoms with Crippen LogP contribution in [-0.4, -0.2) is 35.1 Å². The predicted molar refractivity (Wildman–Crippen MR) is 104 cm³/mol. The number of carbonyl (C=O) groups is 1. The van der Waals surface area contributed by atoms with Crippen molar-refractivity contribution in [2.75, 3.05) is 18.4 Å². The van der Waals surface area contributed by atoms with Crippen LogP contribution in [0.5, 0.6) is 5.75 Å². The number of hydrogen-bond donors (Lipinski definition) is 1. The second-order valence-corrected chi connectivity index (χ2v) is 6.70. The monoisotopic (exact) mass is 351 g/mol. The average Bonchev–Trinajstić information content (AvgIpc) is 2.63.